The first kappa shape index (κ1) is 19.4. The van der Waals surface area contributed by atoms with Gasteiger partial charge in [0.1, 0.15) is 5.82 Å². The number of nitrogens with zero attached hydrogens (tertiary/aromatic N) is 2. The van der Waals surface area contributed by atoms with E-state index in [4.69, 9.17) is 0 Å². The lowest BCUT2D eigenvalue weighted by Gasteiger charge is -2.13. The van der Waals surface area contributed by atoms with Gasteiger partial charge in [0.2, 0.25) is 0 Å². The summed E-state index contributed by atoms with van der Waals surface area (Å²) in [4.78, 5) is 29.8. The van der Waals surface area contributed by atoms with Gasteiger partial charge in [-0.25, -0.2) is 9.78 Å². The highest BCUT2D eigenvalue weighted by molar-refractivity contribution is 6.00. The maximum atomic E-state index is 12.9. The van der Waals surface area contributed by atoms with Gasteiger partial charge in [0.05, 0.1) is 16.6 Å². The van der Waals surface area contributed by atoms with E-state index in [0.717, 1.165) is 17.7 Å². The van der Waals surface area contributed by atoms with Crippen LogP contribution in [0.1, 0.15) is 18.3 Å². The van der Waals surface area contributed by atoms with Crippen molar-refractivity contribution in [3.05, 3.63) is 94.5 Å². The number of nitrogens with one attached hydrogen (secondary N) is 2. The lowest BCUT2D eigenvalue weighted by Crippen LogP contribution is -2.22. The van der Waals surface area contributed by atoms with Crippen molar-refractivity contribution in [1.82, 2.24) is 9.55 Å². The average Bonchev–Trinajstić information content (AvgIpc) is 2.75. The lowest BCUT2D eigenvalue weighted by atomic mass is 10.1. The topological polar surface area (TPSA) is 76.0 Å². The number of amides is 2. The quantitative estimate of drug-likeness (QED) is 0.513. The van der Waals surface area contributed by atoms with Gasteiger partial charge in [-0.05, 0) is 61.4 Å². The molecule has 0 aliphatic carbocycles. The zero-order valence-corrected chi connectivity index (χ0v) is 16.8. The molecule has 0 bridgehead atoms. The van der Waals surface area contributed by atoms with Gasteiger partial charge in [-0.1, -0.05) is 37.3 Å². The molecule has 0 aliphatic heterocycles. The standard InChI is InChI=1S/C24H22N4O2/c1-3-17-8-4-6-10-21(17)27-24(30)26-18-12-14-19(15-13-18)28-16(2)25-22-11-7-5-9-20(22)23(28)29/h4-15H,3H2,1-2H3,(H2,26,27,30). The van der Waals surface area contributed by atoms with Crippen LogP contribution in [0.5, 0.6) is 0 Å². The van der Waals surface area contributed by atoms with E-state index in [1.165, 1.54) is 0 Å². The number of hydrogen-bond donors (Lipinski definition) is 2. The third-order valence-electron chi connectivity index (χ3n) is 4.97. The monoisotopic (exact) mass is 398 g/mol. The fourth-order valence-electron chi connectivity index (χ4n) is 3.48. The Labute approximate surface area is 174 Å². The second-order valence-electron chi connectivity index (χ2n) is 6.95. The van der Waals surface area contributed by atoms with Crippen molar-refractivity contribution in [3.8, 4) is 5.69 Å². The Morgan fingerprint density at radius 3 is 2.40 bits per heavy atom. The highest BCUT2D eigenvalue weighted by atomic mass is 16.2. The highest BCUT2D eigenvalue weighted by Crippen LogP contribution is 2.18. The first-order chi connectivity index (χ1) is 14.6. The SMILES string of the molecule is CCc1ccccc1NC(=O)Nc1ccc(-n2c(C)nc3ccccc3c2=O)cc1. The Morgan fingerprint density at radius 2 is 1.63 bits per heavy atom. The molecule has 150 valence electrons. The van der Waals surface area contributed by atoms with Crippen molar-refractivity contribution < 1.29 is 4.79 Å². The third kappa shape index (κ3) is 3.80. The molecule has 1 aromatic heterocycles. The van der Waals surface area contributed by atoms with E-state index in [9.17, 15) is 9.59 Å². The van der Waals surface area contributed by atoms with Gasteiger partial charge < -0.3 is 10.6 Å². The Hall–Kier alpha value is -3.93. The van der Waals surface area contributed by atoms with Gasteiger partial charge in [0, 0.05) is 11.4 Å². The van der Waals surface area contributed by atoms with Gasteiger partial charge in [0.15, 0.2) is 0 Å². The molecule has 0 atom stereocenters. The molecule has 1 heterocycles. The fourth-order valence-corrected chi connectivity index (χ4v) is 3.48. The Balaban J connectivity index is 1.56. The van der Waals surface area contributed by atoms with Crippen LogP contribution in [0.15, 0.2) is 77.6 Å². The molecule has 4 rings (SSSR count). The van der Waals surface area contributed by atoms with Crippen molar-refractivity contribution in [2.45, 2.75) is 20.3 Å². The fraction of sp³-hybridized carbons (Fsp3) is 0.125. The van der Waals surface area contributed by atoms with Gasteiger partial charge in [-0.15, -0.1) is 0 Å². The van der Waals surface area contributed by atoms with Crippen LogP contribution in [-0.4, -0.2) is 15.6 Å². The lowest BCUT2D eigenvalue weighted by molar-refractivity contribution is 0.262. The molecule has 6 nitrogen and oxygen atoms in total. The summed E-state index contributed by atoms with van der Waals surface area (Å²) in [5.74, 6) is 0.605. The molecule has 0 radical (unpaired) electrons. The van der Waals surface area contributed by atoms with Gasteiger partial charge in [-0.3, -0.25) is 9.36 Å². The minimum absolute atomic E-state index is 0.118. The van der Waals surface area contributed by atoms with Crippen LogP contribution >= 0.6 is 0 Å². The number of carbonyl (C=O) groups excluding carboxylic acids is 1. The molecule has 30 heavy (non-hydrogen) atoms. The van der Waals surface area contributed by atoms with Crippen molar-refractivity contribution in [2.24, 2.45) is 0 Å². The smallest absolute Gasteiger partial charge is 0.308 e. The van der Waals surface area contributed by atoms with E-state index in [-0.39, 0.29) is 11.6 Å². The summed E-state index contributed by atoms with van der Waals surface area (Å²) in [6, 6.07) is 21.8. The molecule has 6 heteroatoms. The Morgan fingerprint density at radius 1 is 0.933 bits per heavy atom. The van der Waals surface area contributed by atoms with Crippen LogP contribution in [0.3, 0.4) is 0 Å². The maximum absolute atomic E-state index is 12.9. The molecule has 0 spiro atoms. The summed E-state index contributed by atoms with van der Waals surface area (Å²) in [6.07, 6.45) is 0.832. The van der Waals surface area contributed by atoms with E-state index in [1.807, 2.05) is 49.4 Å². The molecule has 0 saturated carbocycles. The third-order valence-corrected chi connectivity index (χ3v) is 4.97. The number of hydrogen-bond acceptors (Lipinski definition) is 3. The molecule has 0 saturated heterocycles. The predicted octanol–water partition coefficient (Wildman–Crippen LogP) is 4.90. The number of rotatable bonds is 4. The van der Waals surface area contributed by atoms with E-state index < -0.39 is 0 Å². The van der Waals surface area contributed by atoms with E-state index >= 15 is 0 Å². The summed E-state index contributed by atoms with van der Waals surface area (Å²) >= 11 is 0. The summed E-state index contributed by atoms with van der Waals surface area (Å²) < 4.78 is 1.57. The zero-order valence-electron chi connectivity index (χ0n) is 16.8. The van der Waals surface area contributed by atoms with Crippen LogP contribution in [0.2, 0.25) is 0 Å². The summed E-state index contributed by atoms with van der Waals surface area (Å²) in [5.41, 5.74) is 3.74. The molecule has 3 aromatic carbocycles. The van der Waals surface area contributed by atoms with Gasteiger partial charge >= 0.3 is 6.03 Å². The number of fused-ring (bicyclic) bond motifs is 1. The molecular formula is C24H22N4O2. The number of urea groups is 1. The van der Waals surface area contributed by atoms with Crippen molar-refractivity contribution in [3.63, 3.8) is 0 Å². The van der Waals surface area contributed by atoms with Crippen LogP contribution in [0, 0.1) is 6.92 Å². The summed E-state index contributed by atoms with van der Waals surface area (Å²) in [7, 11) is 0. The number of aryl methyl sites for hydroxylation is 2. The number of anilines is 2. The number of para-hydroxylation sites is 2. The highest BCUT2D eigenvalue weighted by Gasteiger charge is 2.10. The van der Waals surface area contributed by atoms with Crippen LogP contribution in [-0.2, 0) is 6.42 Å². The van der Waals surface area contributed by atoms with Gasteiger partial charge in [0.25, 0.3) is 5.56 Å². The number of carbonyl (C=O) groups is 1. The van der Waals surface area contributed by atoms with Crippen molar-refractivity contribution >= 4 is 28.3 Å². The minimum Gasteiger partial charge on any atom is -0.308 e. The maximum Gasteiger partial charge on any atom is 0.323 e. The second-order valence-corrected chi connectivity index (χ2v) is 6.95. The molecule has 0 aliphatic rings. The molecule has 0 unspecified atom stereocenters. The largest absolute Gasteiger partial charge is 0.323 e. The number of benzene rings is 3. The summed E-state index contributed by atoms with van der Waals surface area (Å²) in [6.45, 7) is 3.85. The van der Waals surface area contributed by atoms with E-state index in [2.05, 4.69) is 15.6 Å². The Bertz CT molecular complexity index is 1280. The molecule has 2 N–H and O–H groups in total. The van der Waals surface area contributed by atoms with E-state index in [1.54, 1.807) is 41.8 Å². The summed E-state index contributed by atoms with van der Waals surface area (Å²) in [5, 5.41) is 6.27. The predicted molar refractivity (Wildman–Crippen MR) is 121 cm³/mol. The van der Waals surface area contributed by atoms with Crippen LogP contribution in [0.4, 0.5) is 16.2 Å². The number of aromatic nitrogens is 2. The molecule has 2 amide bonds. The van der Waals surface area contributed by atoms with Gasteiger partial charge in [-0.2, -0.15) is 0 Å². The molecule has 4 aromatic rings. The van der Waals surface area contributed by atoms with Crippen molar-refractivity contribution in [1.29, 1.82) is 0 Å². The first-order valence-electron chi connectivity index (χ1n) is 9.81. The Kier molecular flexibility index (Phi) is 5.30. The average molecular weight is 398 g/mol. The first-order valence-corrected chi connectivity index (χ1v) is 9.81. The molecule has 0 fully saturated rings. The minimum atomic E-state index is -0.315. The van der Waals surface area contributed by atoms with E-state index in [0.29, 0.717) is 28.1 Å². The molecular weight excluding hydrogens is 376 g/mol. The zero-order chi connectivity index (χ0) is 21.1. The second kappa shape index (κ2) is 8.21. The van der Waals surface area contributed by atoms with Crippen LogP contribution < -0.4 is 16.2 Å². The van der Waals surface area contributed by atoms with Crippen LogP contribution in [0.25, 0.3) is 16.6 Å². The van der Waals surface area contributed by atoms with Crippen molar-refractivity contribution in [2.75, 3.05) is 10.6 Å². The normalized spacial score (nSPS) is 10.7.